The molecule has 0 bridgehead atoms. The molecule has 6 nitrogen and oxygen atoms in total. The van der Waals surface area contributed by atoms with Gasteiger partial charge in [-0.05, 0) is 50.3 Å². The Labute approximate surface area is 141 Å². The zero-order chi connectivity index (χ0) is 17.1. The highest BCUT2D eigenvalue weighted by Crippen LogP contribution is 2.32. The molecular weight excluding hydrogens is 308 g/mol. The van der Waals surface area contributed by atoms with E-state index in [0.29, 0.717) is 30.1 Å². The lowest BCUT2D eigenvalue weighted by molar-refractivity contribution is -0.125. The van der Waals surface area contributed by atoms with Gasteiger partial charge in [0.15, 0.2) is 6.61 Å². The Kier molecular flexibility index (Phi) is 4.83. The van der Waals surface area contributed by atoms with E-state index in [1.165, 1.54) is 0 Å². The van der Waals surface area contributed by atoms with Gasteiger partial charge in [-0.25, -0.2) is 4.79 Å². The van der Waals surface area contributed by atoms with E-state index in [0.717, 1.165) is 19.3 Å². The van der Waals surface area contributed by atoms with Crippen molar-refractivity contribution in [1.82, 2.24) is 5.32 Å². The Bertz CT molecular complexity index is 654. The summed E-state index contributed by atoms with van der Waals surface area (Å²) in [5.74, 6) is -0.223. The standard InChI is InChI=1S/C18H22N2O4/c1-12(13-7-8-13)19-16(21)11-24-18(23)14-4-2-5-15(10-14)20-9-3-6-17(20)22/h2,4-5,10,12-13H,3,6-9,11H2,1H3,(H,19,21)/t12-/m1/s1. The monoisotopic (exact) mass is 330 g/mol. The number of esters is 1. The molecule has 1 saturated carbocycles. The number of nitrogens with zero attached hydrogens (tertiary/aromatic N) is 1. The molecule has 24 heavy (non-hydrogen) atoms. The molecule has 1 aromatic rings. The van der Waals surface area contributed by atoms with Gasteiger partial charge in [-0.1, -0.05) is 6.07 Å². The minimum Gasteiger partial charge on any atom is -0.452 e. The minimum atomic E-state index is -0.558. The lowest BCUT2D eigenvalue weighted by atomic mass is 10.2. The van der Waals surface area contributed by atoms with Crippen LogP contribution in [0.4, 0.5) is 5.69 Å². The summed E-state index contributed by atoms with van der Waals surface area (Å²) in [6, 6.07) is 6.89. The maximum absolute atomic E-state index is 12.1. The average Bonchev–Trinajstić information content (AvgIpc) is 3.34. The summed E-state index contributed by atoms with van der Waals surface area (Å²) in [6.07, 6.45) is 3.65. The van der Waals surface area contributed by atoms with Crippen LogP contribution in [0.3, 0.4) is 0 Å². The van der Waals surface area contributed by atoms with Gasteiger partial charge in [0.2, 0.25) is 5.91 Å². The number of hydrogen-bond acceptors (Lipinski definition) is 4. The maximum atomic E-state index is 12.1. The Hall–Kier alpha value is -2.37. The van der Waals surface area contributed by atoms with Crippen LogP contribution in [0.1, 0.15) is 43.0 Å². The van der Waals surface area contributed by atoms with Crippen molar-refractivity contribution in [1.29, 1.82) is 0 Å². The van der Waals surface area contributed by atoms with Gasteiger partial charge in [0.25, 0.3) is 5.91 Å². The molecular formula is C18H22N2O4. The zero-order valence-electron chi connectivity index (χ0n) is 13.8. The largest absolute Gasteiger partial charge is 0.452 e. The number of nitrogens with one attached hydrogen (secondary N) is 1. The van der Waals surface area contributed by atoms with Gasteiger partial charge < -0.3 is 15.0 Å². The smallest absolute Gasteiger partial charge is 0.338 e. The van der Waals surface area contributed by atoms with Crippen LogP contribution in [-0.2, 0) is 14.3 Å². The Balaban J connectivity index is 1.54. The molecule has 2 amide bonds. The van der Waals surface area contributed by atoms with Crippen LogP contribution >= 0.6 is 0 Å². The third-order valence-electron chi connectivity index (χ3n) is 4.52. The molecule has 6 heteroatoms. The van der Waals surface area contributed by atoms with Crippen molar-refractivity contribution in [3.63, 3.8) is 0 Å². The maximum Gasteiger partial charge on any atom is 0.338 e. The molecule has 1 heterocycles. The Morgan fingerprint density at radius 2 is 2.17 bits per heavy atom. The van der Waals surface area contributed by atoms with Gasteiger partial charge in [0.1, 0.15) is 0 Å². The molecule has 1 atom stereocenters. The number of carbonyl (C=O) groups is 3. The lowest BCUT2D eigenvalue weighted by Crippen LogP contribution is -2.37. The van der Waals surface area contributed by atoms with Gasteiger partial charge in [-0.3, -0.25) is 9.59 Å². The number of amides is 2. The summed E-state index contributed by atoms with van der Waals surface area (Å²) in [6.45, 7) is 2.34. The molecule has 2 aliphatic rings. The summed E-state index contributed by atoms with van der Waals surface area (Å²) >= 11 is 0. The Morgan fingerprint density at radius 1 is 1.38 bits per heavy atom. The van der Waals surface area contributed by atoms with Crippen LogP contribution in [0.25, 0.3) is 0 Å². The van der Waals surface area contributed by atoms with Crippen LogP contribution < -0.4 is 10.2 Å². The first-order valence-corrected chi connectivity index (χ1v) is 8.41. The molecule has 0 unspecified atom stereocenters. The fourth-order valence-electron chi connectivity index (χ4n) is 2.95. The van der Waals surface area contributed by atoms with E-state index >= 15 is 0 Å². The second kappa shape index (κ2) is 7.03. The number of rotatable bonds is 6. The van der Waals surface area contributed by atoms with E-state index in [1.54, 1.807) is 29.2 Å². The number of anilines is 1. The minimum absolute atomic E-state index is 0.0639. The molecule has 0 aromatic heterocycles. The third-order valence-corrected chi connectivity index (χ3v) is 4.52. The molecule has 3 rings (SSSR count). The van der Waals surface area contributed by atoms with E-state index in [1.807, 2.05) is 6.92 Å². The van der Waals surface area contributed by atoms with Gasteiger partial charge in [-0.2, -0.15) is 0 Å². The van der Waals surface area contributed by atoms with E-state index in [4.69, 9.17) is 4.74 Å². The van der Waals surface area contributed by atoms with Gasteiger partial charge in [0.05, 0.1) is 5.56 Å². The normalized spacial score (nSPS) is 18.4. The van der Waals surface area contributed by atoms with Crippen LogP contribution in [0.15, 0.2) is 24.3 Å². The molecule has 1 aliphatic heterocycles. The van der Waals surface area contributed by atoms with E-state index in [2.05, 4.69) is 5.32 Å². The van der Waals surface area contributed by atoms with Gasteiger partial charge in [0, 0.05) is 24.7 Å². The molecule has 0 radical (unpaired) electrons. The predicted molar refractivity (Wildman–Crippen MR) is 88.6 cm³/mol. The van der Waals surface area contributed by atoms with Gasteiger partial charge in [-0.15, -0.1) is 0 Å². The second-order valence-electron chi connectivity index (χ2n) is 6.47. The number of ether oxygens (including phenoxy) is 1. The molecule has 2 fully saturated rings. The van der Waals surface area contributed by atoms with Crippen molar-refractivity contribution in [2.45, 2.75) is 38.6 Å². The SMILES string of the molecule is C[C@@H](NC(=O)COC(=O)c1cccc(N2CCCC2=O)c1)C1CC1. The van der Waals surface area contributed by atoms with Crippen molar-refractivity contribution in [2.24, 2.45) is 5.92 Å². The fourth-order valence-corrected chi connectivity index (χ4v) is 2.95. The molecule has 1 aromatic carbocycles. The van der Waals surface area contributed by atoms with Crippen molar-refractivity contribution < 1.29 is 19.1 Å². The summed E-state index contributed by atoms with van der Waals surface area (Å²) < 4.78 is 5.08. The first kappa shape index (κ1) is 16.5. The van der Waals surface area contributed by atoms with Crippen molar-refractivity contribution >= 4 is 23.5 Å². The highest BCUT2D eigenvalue weighted by atomic mass is 16.5. The van der Waals surface area contributed by atoms with Crippen LogP contribution in [0.2, 0.25) is 0 Å². The molecule has 1 aliphatic carbocycles. The van der Waals surface area contributed by atoms with E-state index < -0.39 is 5.97 Å². The Morgan fingerprint density at radius 3 is 2.83 bits per heavy atom. The third kappa shape index (κ3) is 3.93. The summed E-state index contributed by atoms with van der Waals surface area (Å²) in [7, 11) is 0. The topological polar surface area (TPSA) is 75.7 Å². The first-order chi connectivity index (χ1) is 11.5. The average molecular weight is 330 g/mol. The van der Waals surface area contributed by atoms with Crippen molar-refractivity contribution in [3.8, 4) is 0 Å². The molecule has 0 spiro atoms. The second-order valence-corrected chi connectivity index (χ2v) is 6.47. The molecule has 128 valence electrons. The van der Waals surface area contributed by atoms with E-state index in [9.17, 15) is 14.4 Å². The molecule has 1 saturated heterocycles. The van der Waals surface area contributed by atoms with Crippen LogP contribution in [0.5, 0.6) is 0 Å². The number of benzene rings is 1. The zero-order valence-corrected chi connectivity index (χ0v) is 13.8. The van der Waals surface area contributed by atoms with E-state index in [-0.39, 0.29) is 24.5 Å². The first-order valence-electron chi connectivity index (χ1n) is 8.41. The predicted octanol–water partition coefficient (Wildman–Crippen LogP) is 1.88. The summed E-state index contributed by atoms with van der Waals surface area (Å²) in [5.41, 5.74) is 1.04. The summed E-state index contributed by atoms with van der Waals surface area (Å²) in [4.78, 5) is 37.4. The summed E-state index contributed by atoms with van der Waals surface area (Å²) in [5, 5.41) is 2.84. The highest BCUT2D eigenvalue weighted by Gasteiger charge is 2.29. The van der Waals surface area contributed by atoms with Gasteiger partial charge >= 0.3 is 5.97 Å². The van der Waals surface area contributed by atoms with Crippen LogP contribution in [-0.4, -0.2) is 37.0 Å². The van der Waals surface area contributed by atoms with Crippen molar-refractivity contribution in [3.05, 3.63) is 29.8 Å². The lowest BCUT2D eigenvalue weighted by Gasteiger charge is -2.16. The number of hydrogen-bond donors (Lipinski definition) is 1. The number of carbonyl (C=O) groups excluding carboxylic acids is 3. The quantitative estimate of drug-likeness (QED) is 0.808. The van der Waals surface area contributed by atoms with Crippen LogP contribution in [0, 0.1) is 5.92 Å². The highest BCUT2D eigenvalue weighted by molar-refractivity contribution is 5.97. The van der Waals surface area contributed by atoms with Crippen molar-refractivity contribution in [2.75, 3.05) is 18.1 Å². The molecule has 1 N–H and O–H groups in total. The fraction of sp³-hybridized carbons (Fsp3) is 0.500.